The van der Waals surface area contributed by atoms with Crippen LogP contribution in [-0.4, -0.2) is 22.9 Å². The Morgan fingerprint density at radius 3 is 1.33 bits per heavy atom. The molecule has 1 unspecified atom stereocenters. The fourth-order valence-corrected chi connectivity index (χ4v) is 1.40. The zero-order chi connectivity index (χ0) is 13.0. The Labute approximate surface area is 106 Å². The van der Waals surface area contributed by atoms with Crippen molar-refractivity contribution in [3.63, 3.8) is 0 Å². The fraction of sp³-hybridized carbons (Fsp3) is 0.200. The van der Waals surface area contributed by atoms with Gasteiger partial charge in [-0.25, -0.2) is 0 Å². The van der Waals surface area contributed by atoms with Crippen molar-refractivity contribution in [2.24, 2.45) is 0 Å². The van der Waals surface area contributed by atoms with Crippen LogP contribution in [0.2, 0.25) is 0 Å². The molecule has 3 rings (SSSR count). The van der Waals surface area contributed by atoms with Crippen LogP contribution < -0.4 is 0 Å². The lowest BCUT2D eigenvalue weighted by Gasteiger charge is -2.01. The van der Waals surface area contributed by atoms with Crippen LogP contribution in [-0.2, 0) is 4.74 Å². The molecule has 1 saturated heterocycles. The highest BCUT2D eigenvalue weighted by molar-refractivity contribution is 5.64. The summed E-state index contributed by atoms with van der Waals surface area (Å²) in [6, 6.07) is 13.9. The summed E-state index contributed by atoms with van der Waals surface area (Å²) >= 11 is 0. The molecule has 2 aromatic carbocycles. The Hall–Kier alpha value is -2.00. The standard InChI is InChI=1S/C12H10O2.C3H6O/c13-11-5-1-9(2-6-11)10-3-7-12(14)8-4-10;1-3-2-4-3/h1-8,13-14H;3H,2H2,1H3. The van der Waals surface area contributed by atoms with Gasteiger partial charge >= 0.3 is 0 Å². The monoisotopic (exact) mass is 244 g/mol. The van der Waals surface area contributed by atoms with Crippen molar-refractivity contribution in [2.45, 2.75) is 13.0 Å². The molecule has 94 valence electrons. The van der Waals surface area contributed by atoms with E-state index >= 15 is 0 Å². The van der Waals surface area contributed by atoms with Gasteiger partial charge in [-0.15, -0.1) is 0 Å². The second-order valence-electron chi connectivity index (χ2n) is 4.24. The number of benzene rings is 2. The fourth-order valence-electron chi connectivity index (χ4n) is 1.40. The maximum Gasteiger partial charge on any atom is 0.115 e. The molecule has 0 amide bonds. The van der Waals surface area contributed by atoms with E-state index in [0.717, 1.165) is 17.7 Å². The summed E-state index contributed by atoms with van der Waals surface area (Å²) in [6.45, 7) is 3.04. The van der Waals surface area contributed by atoms with Crippen molar-refractivity contribution in [1.29, 1.82) is 0 Å². The van der Waals surface area contributed by atoms with Gasteiger partial charge in [0.2, 0.25) is 0 Å². The predicted molar refractivity (Wildman–Crippen MR) is 70.6 cm³/mol. The molecule has 18 heavy (non-hydrogen) atoms. The summed E-state index contributed by atoms with van der Waals surface area (Å²) in [5, 5.41) is 18.2. The van der Waals surface area contributed by atoms with E-state index < -0.39 is 0 Å². The van der Waals surface area contributed by atoms with Gasteiger partial charge in [0.1, 0.15) is 11.5 Å². The smallest absolute Gasteiger partial charge is 0.115 e. The van der Waals surface area contributed by atoms with E-state index in [0.29, 0.717) is 6.10 Å². The van der Waals surface area contributed by atoms with Crippen molar-refractivity contribution in [2.75, 3.05) is 6.61 Å². The van der Waals surface area contributed by atoms with E-state index in [2.05, 4.69) is 6.92 Å². The summed E-state index contributed by atoms with van der Waals surface area (Å²) in [4.78, 5) is 0. The molecular weight excluding hydrogens is 228 g/mol. The molecule has 1 heterocycles. The number of phenolic OH excluding ortho intramolecular Hbond substituents is 2. The van der Waals surface area contributed by atoms with Crippen molar-refractivity contribution >= 4 is 0 Å². The lowest BCUT2D eigenvalue weighted by molar-refractivity contribution is 0.423. The first-order chi connectivity index (χ1) is 8.65. The normalized spacial score (nSPS) is 16.6. The van der Waals surface area contributed by atoms with Crippen LogP contribution in [0, 0.1) is 0 Å². The highest BCUT2D eigenvalue weighted by Crippen LogP contribution is 2.23. The molecule has 1 aliphatic rings. The van der Waals surface area contributed by atoms with Gasteiger partial charge in [-0.05, 0) is 42.3 Å². The topological polar surface area (TPSA) is 53.0 Å². The van der Waals surface area contributed by atoms with Crippen LogP contribution in [0.1, 0.15) is 6.92 Å². The van der Waals surface area contributed by atoms with Gasteiger partial charge in [0, 0.05) is 0 Å². The van der Waals surface area contributed by atoms with Crippen LogP contribution in [0.4, 0.5) is 0 Å². The lowest BCUT2D eigenvalue weighted by Crippen LogP contribution is -1.75. The Bertz CT molecular complexity index is 441. The minimum absolute atomic E-state index is 0.257. The zero-order valence-corrected chi connectivity index (χ0v) is 10.2. The van der Waals surface area contributed by atoms with Gasteiger partial charge in [-0.1, -0.05) is 24.3 Å². The Morgan fingerprint density at radius 1 is 0.833 bits per heavy atom. The second-order valence-corrected chi connectivity index (χ2v) is 4.24. The Balaban J connectivity index is 0.000000256. The molecule has 3 heteroatoms. The van der Waals surface area contributed by atoms with Gasteiger partial charge in [0.15, 0.2) is 0 Å². The number of epoxide rings is 1. The number of ether oxygens (including phenoxy) is 1. The highest BCUT2D eigenvalue weighted by Gasteiger charge is 2.13. The van der Waals surface area contributed by atoms with Crippen LogP contribution in [0.3, 0.4) is 0 Å². The van der Waals surface area contributed by atoms with E-state index in [4.69, 9.17) is 14.9 Å². The van der Waals surface area contributed by atoms with Crippen molar-refractivity contribution in [1.82, 2.24) is 0 Å². The van der Waals surface area contributed by atoms with Crippen LogP contribution >= 0.6 is 0 Å². The number of hydrogen-bond acceptors (Lipinski definition) is 3. The van der Waals surface area contributed by atoms with Gasteiger partial charge in [0.05, 0.1) is 12.7 Å². The second kappa shape index (κ2) is 5.56. The zero-order valence-electron chi connectivity index (χ0n) is 10.2. The maximum atomic E-state index is 9.11. The maximum absolute atomic E-state index is 9.11. The summed E-state index contributed by atoms with van der Waals surface area (Å²) in [5.41, 5.74) is 2.03. The van der Waals surface area contributed by atoms with Crippen LogP contribution in [0.25, 0.3) is 11.1 Å². The third-order valence-corrected chi connectivity index (χ3v) is 2.57. The average Bonchev–Trinajstić information content (AvgIpc) is 3.15. The first-order valence-corrected chi connectivity index (χ1v) is 5.85. The summed E-state index contributed by atoms with van der Waals surface area (Å²) in [7, 11) is 0. The van der Waals surface area contributed by atoms with E-state index in [-0.39, 0.29) is 11.5 Å². The van der Waals surface area contributed by atoms with Crippen molar-refractivity contribution < 1.29 is 14.9 Å². The van der Waals surface area contributed by atoms with Gasteiger partial charge < -0.3 is 14.9 Å². The first-order valence-electron chi connectivity index (χ1n) is 5.85. The quantitative estimate of drug-likeness (QED) is 0.757. The molecule has 0 spiro atoms. The summed E-state index contributed by atoms with van der Waals surface area (Å²) in [6.07, 6.45) is 0.583. The molecule has 1 atom stereocenters. The molecular formula is C15H16O3. The molecule has 1 fully saturated rings. The van der Waals surface area contributed by atoms with Crippen molar-refractivity contribution in [3.8, 4) is 22.6 Å². The number of rotatable bonds is 1. The Morgan fingerprint density at radius 2 is 1.11 bits per heavy atom. The molecule has 0 saturated carbocycles. The molecule has 2 aromatic rings. The third kappa shape index (κ3) is 3.79. The Kier molecular flexibility index (Phi) is 3.85. The highest BCUT2D eigenvalue weighted by atomic mass is 16.6. The van der Waals surface area contributed by atoms with E-state index in [1.165, 1.54) is 0 Å². The van der Waals surface area contributed by atoms with Gasteiger partial charge in [0.25, 0.3) is 0 Å². The molecule has 0 radical (unpaired) electrons. The van der Waals surface area contributed by atoms with Crippen molar-refractivity contribution in [3.05, 3.63) is 48.5 Å². The van der Waals surface area contributed by atoms with Crippen LogP contribution in [0.15, 0.2) is 48.5 Å². The van der Waals surface area contributed by atoms with Crippen LogP contribution in [0.5, 0.6) is 11.5 Å². The molecule has 0 aromatic heterocycles. The number of aromatic hydroxyl groups is 2. The molecule has 2 N–H and O–H groups in total. The SMILES string of the molecule is CC1CO1.Oc1ccc(-c2ccc(O)cc2)cc1. The minimum atomic E-state index is 0.257. The van der Waals surface area contributed by atoms with E-state index in [1.54, 1.807) is 24.3 Å². The largest absolute Gasteiger partial charge is 0.508 e. The molecule has 3 nitrogen and oxygen atoms in total. The van der Waals surface area contributed by atoms with E-state index in [1.807, 2.05) is 24.3 Å². The summed E-state index contributed by atoms with van der Waals surface area (Å²) < 4.78 is 4.71. The van der Waals surface area contributed by atoms with E-state index in [9.17, 15) is 0 Å². The average molecular weight is 244 g/mol. The summed E-state index contributed by atoms with van der Waals surface area (Å²) in [5.74, 6) is 0.514. The molecule has 1 aliphatic heterocycles. The number of phenols is 2. The predicted octanol–water partition coefficient (Wildman–Crippen LogP) is 3.17. The molecule has 0 bridgehead atoms. The lowest BCUT2D eigenvalue weighted by atomic mass is 10.1. The third-order valence-electron chi connectivity index (χ3n) is 2.57. The van der Waals surface area contributed by atoms with Gasteiger partial charge in [-0.3, -0.25) is 0 Å². The molecule has 0 aliphatic carbocycles. The first kappa shape index (κ1) is 12.5. The van der Waals surface area contributed by atoms with Gasteiger partial charge in [-0.2, -0.15) is 0 Å². The minimum Gasteiger partial charge on any atom is -0.508 e. The number of hydrogen-bond donors (Lipinski definition) is 2.